The van der Waals surface area contributed by atoms with Gasteiger partial charge in [-0.05, 0) is 30.7 Å². The topological polar surface area (TPSA) is 80.6 Å². The highest BCUT2D eigenvalue weighted by Crippen LogP contribution is 2.17. The van der Waals surface area contributed by atoms with Crippen LogP contribution < -0.4 is 10.6 Å². The van der Waals surface area contributed by atoms with Crippen LogP contribution in [-0.4, -0.2) is 25.0 Å². The van der Waals surface area contributed by atoms with Crippen molar-refractivity contribution in [1.82, 2.24) is 5.32 Å². The van der Waals surface area contributed by atoms with Crippen LogP contribution in [0, 0.1) is 0 Å². The van der Waals surface area contributed by atoms with Crippen molar-refractivity contribution in [3.05, 3.63) is 54.0 Å². The Morgan fingerprint density at radius 2 is 2.00 bits per heavy atom. The largest absolute Gasteiger partial charge is 0.467 e. The third kappa shape index (κ3) is 5.18. The summed E-state index contributed by atoms with van der Waals surface area (Å²) in [5.74, 6) is -0.0902. The molecule has 6 nitrogen and oxygen atoms in total. The number of hydrogen-bond donors (Lipinski definition) is 2. The van der Waals surface area contributed by atoms with Gasteiger partial charge in [0.1, 0.15) is 5.76 Å². The fraction of sp³-hybridized carbons (Fsp3) is 0.294. The van der Waals surface area contributed by atoms with Crippen LogP contribution in [0.4, 0.5) is 5.69 Å². The smallest absolute Gasteiger partial charge is 0.340 e. The number of nitrogens with one attached hydrogen (secondary N) is 2. The van der Waals surface area contributed by atoms with Crippen molar-refractivity contribution in [2.24, 2.45) is 0 Å². The van der Waals surface area contributed by atoms with Gasteiger partial charge in [-0.2, -0.15) is 0 Å². The molecule has 122 valence electrons. The van der Waals surface area contributed by atoms with Crippen molar-refractivity contribution in [2.45, 2.75) is 19.9 Å². The summed E-state index contributed by atoms with van der Waals surface area (Å²) in [5, 5.41) is 5.78. The van der Waals surface area contributed by atoms with Crippen LogP contribution in [0.3, 0.4) is 0 Å². The van der Waals surface area contributed by atoms with E-state index < -0.39 is 5.97 Å². The molecule has 0 unspecified atom stereocenters. The summed E-state index contributed by atoms with van der Waals surface area (Å²) in [4.78, 5) is 23.6. The molecule has 0 aliphatic heterocycles. The summed E-state index contributed by atoms with van der Waals surface area (Å²) in [6.07, 6.45) is 2.42. The first-order chi connectivity index (χ1) is 11.2. The first-order valence-corrected chi connectivity index (χ1v) is 7.49. The minimum atomic E-state index is -0.542. The molecule has 6 heteroatoms. The molecule has 0 aliphatic carbocycles. The Morgan fingerprint density at radius 3 is 2.74 bits per heavy atom. The summed E-state index contributed by atoms with van der Waals surface area (Å²) in [6.45, 7) is 2.69. The second kappa shape index (κ2) is 8.63. The molecule has 0 spiro atoms. The second-order valence-electron chi connectivity index (χ2n) is 4.90. The van der Waals surface area contributed by atoms with Gasteiger partial charge >= 0.3 is 5.97 Å². The van der Waals surface area contributed by atoms with Gasteiger partial charge in [0.25, 0.3) is 5.91 Å². The van der Waals surface area contributed by atoms with E-state index in [9.17, 15) is 9.59 Å². The monoisotopic (exact) mass is 316 g/mol. The average molecular weight is 316 g/mol. The number of rotatable bonds is 8. The van der Waals surface area contributed by atoms with E-state index in [0.717, 1.165) is 12.2 Å². The number of benzene rings is 1. The van der Waals surface area contributed by atoms with E-state index >= 15 is 0 Å². The Kier molecular flexibility index (Phi) is 6.23. The quantitative estimate of drug-likeness (QED) is 0.732. The van der Waals surface area contributed by atoms with E-state index in [1.165, 1.54) is 0 Å². The van der Waals surface area contributed by atoms with E-state index in [2.05, 4.69) is 10.6 Å². The Labute approximate surface area is 134 Å². The summed E-state index contributed by atoms with van der Waals surface area (Å²) in [5.41, 5.74) is 1.00. The molecule has 1 heterocycles. The number of para-hydroxylation sites is 1. The normalized spacial score (nSPS) is 10.1. The van der Waals surface area contributed by atoms with Crippen molar-refractivity contribution in [3.8, 4) is 0 Å². The maximum atomic E-state index is 12.1. The highest BCUT2D eigenvalue weighted by molar-refractivity contribution is 5.96. The van der Waals surface area contributed by atoms with Crippen LogP contribution in [0.15, 0.2) is 47.1 Å². The lowest BCUT2D eigenvalue weighted by atomic mass is 10.2. The van der Waals surface area contributed by atoms with Crippen LogP contribution in [-0.2, 0) is 16.1 Å². The van der Waals surface area contributed by atoms with Gasteiger partial charge in [0.2, 0.25) is 0 Å². The molecule has 0 fully saturated rings. The van der Waals surface area contributed by atoms with Gasteiger partial charge in [-0.1, -0.05) is 19.1 Å². The molecular formula is C17H20N2O4. The van der Waals surface area contributed by atoms with Crippen molar-refractivity contribution in [3.63, 3.8) is 0 Å². The molecule has 2 N–H and O–H groups in total. The van der Waals surface area contributed by atoms with Crippen LogP contribution in [0.25, 0.3) is 0 Å². The molecule has 1 aromatic heterocycles. The maximum absolute atomic E-state index is 12.1. The number of anilines is 1. The summed E-state index contributed by atoms with van der Waals surface area (Å²) in [6, 6.07) is 10.6. The number of furan rings is 1. The number of hydrogen-bond acceptors (Lipinski definition) is 5. The molecule has 0 saturated heterocycles. The zero-order valence-electron chi connectivity index (χ0n) is 13.0. The molecule has 0 atom stereocenters. The summed E-state index contributed by atoms with van der Waals surface area (Å²) < 4.78 is 10.3. The van der Waals surface area contributed by atoms with E-state index in [4.69, 9.17) is 9.15 Å². The van der Waals surface area contributed by atoms with Gasteiger partial charge in [-0.15, -0.1) is 0 Å². The highest BCUT2D eigenvalue weighted by Gasteiger charge is 2.14. The van der Waals surface area contributed by atoms with Gasteiger partial charge in [0.05, 0.1) is 18.4 Å². The lowest BCUT2D eigenvalue weighted by molar-refractivity contribution is -0.124. The van der Waals surface area contributed by atoms with Crippen LogP contribution in [0.2, 0.25) is 0 Å². The Balaban J connectivity index is 1.93. The first-order valence-electron chi connectivity index (χ1n) is 7.49. The molecule has 0 aliphatic rings. The second-order valence-corrected chi connectivity index (χ2v) is 4.90. The van der Waals surface area contributed by atoms with E-state index in [1.807, 2.05) is 19.1 Å². The number of carbonyl (C=O) groups excluding carboxylic acids is 2. The third-order valence-corrected chi connectivity index (χ3v) is 3.09. The van der Waals surface area contributed by atoms with Gasteiger partial charge in [-0.25, -0.2) is 4.79 Å². The molecular weight excluding hydrogens is 296 g/mol. The molecule has 2 rings (SSSR count). The van der Waals surface area contributed by atoms with Crippen molar-refractivity contribution in [1.29, 1.82) is 0 Å². The first kappa shape index (κ1) is 16.6. The van der Waals surface area contributed by atoms with Gasteiger partial charge in [-0.3, -0.25) is 4.79 Å². The fourth-order valence-electron chi connectivity index (χ4n) is 1.94. The lowest BCUT2D eigenvalue weighted by Gasteiger charge is -2.11. The number of carbonyl (C=O) groups is 2. The number of ether oxygens (including phenoxy) is 1. The van der Waals surface area contributed by atoms with Gasteiger partial charge < -0.3 is 19.8 Å². The summed E-state index contributed by atoms with van der Waals surface area (Å²) in [7, 11) is 0. The molecule has 0 saturated carbocycles. The van der Waals surface area contributed by atoms with Gasteiger partial charge in [0, 0.05) is 12.2 Å². The fourth-order valence-corrected chi connectivity index (χ4v) is 1.94. The van der Waals surface area contributed by atoms with Crippen molar-refractivity contribution in [2.75, 3.05) is 18.5 Å². The maximum Gasteiger partial charge on any atom is 0.340 e. The number of esters is 1. The van der Waals surface area contributed by atoms with E-state index in [0.29, 0.717) is 24.3 Å². The van der Waals surface area contributed by atoms with Crippen LogP contribution in [0.1, 0.15) is 29.5 Å². The molecule has 1 amide bonds. The Morgan fingerprint density at radius 1 is 1.17 bits per heavy atom. The SMILES string of the molecule is CCCNC(=O)COC(=O)c1ccccc1NCc1ccco1. The highest BCUT2D eigenvalue weighted by atomic mass is 16.5. The minimum Gasteiger partial charge on any atom is -0.467 e. The van der Waals surface area contributed by atoms with Crippen molar-refractivity contribution < 1.29 is 18.7 Å². The van der Waals surface area contributed by atoms with Gasteiger partial charge in [0.15, 0.2) is 6.61 Å². The summed E-state index contributed by atoms with van der Waals surface area (Å²) >= 11 is 0. The van der Waals surface area contributed by atoms with E-state index in [-0.39, 0.29) is 12.5 Å². The van der Waals surface area contributed by atoms with Crippen LogP contribution in [0.5, 0.6) is 0 Å². The molecule has 1 aromatic carbocycles. The predicted molar refractivity (Wildman–Crippen MR) is 86.1 cm³/mol. The zero-order chi connectivity index (χ0) is 16.5. The average Bonchev–Trinajstić information content (AvgIpc) is 3.09. The standard InChI is InChI=1S/C17H20N2O4/c1-2-9-18-16(20)12-23-17(21)14-7-3-4-8-15(14)19-11-13-6-5-10-22-13/h3-8,10,19H,2,9,11-12H2,1H3,(H,18,20). The number of amides is 1. The Bertz CT molecular complexity index is 638. The van der Waals surface area contributed by atoms with Crippen LogP contribution >= 0.6 is 0 Å². The van der Waals surface area contributed by atoms with Crippen molar-refractivity contribution >= 4 is 17.6 Å². The molecule has 0 bridgehead atoms. The van der Waals surface area contributed by atoms with E-state index in [1.54, 1.807) is 30.5 Å². The molecule has 0 radical (unpaired) electrons. The third-order valence-electron chi connectivity index (χ3n) is 3.09. The molecule has 23 heavy (non-hydrogen) atoms. The molecule has 2 aromatic rings. The predicted octanol–water partition coefficient (Wildman–Crippen LogP) is 2.57. The lowest BCUT2D eigenvalue weighted by Crippen LogP contribution is -2.29. The Hall–Kier alpha value is -2.76. The zero-order valence-corrected chi connectivity index (χ0v) is 13.0. The minimum absolute atomic E-state index is 0.286.